The van der Waals surface area contributed by atoms with Crippen LogP contribution in [0.1, 0.15) is 5.56 Å². The van der Waals surface area contributed by atoms with Gasteiger partial charge in [-0.15, -0.1) is 0 Å². The topological polar surface area (TPSA) is 63.6 Å². The standard InChI is InChI=1S/C13H10FO4S/c14-11-7-5-10(6-8-11)9-18-19(16,17)13-4-2-1-3-12(13)15/h1-3,5-8,15H,9H2. The van der Waals surface area contributed by atoms with Crippen molar-refractivity contribution in [2.45, 2.75) is 11.5 Å². The van der Waals surface area contributed by atoms with Crippen LogP contribution in [0.4, 0.5) is 4.39 Å². The van der Waals surface area contributed by atoms with Crippen molar-refractivity contribution in [3.05, 3.63) is 59.9 Å². The number of phenols is 1. The molecule has 2 rings (SSSR count). The molecule has 0 spiro atoms. The van der Waals surface area contributed by atoms with E-state index < -0.39 is 26.6 Å². The summed E-state index contributed by atoms with van der Waals surface area (Å²) < 4.78 is 41.1. The molecule has 1 radical (unpaired) electrons. The Labute approximate surface area is 110 Å². The molecule has 0 bridgehead atoms. The minimum atomic E-state index is -4.10. The van der Waals surface area contributed by atoms with E-state index in [1.165, 1.54) is 42.5 Å². The van der Waals surface area contributed by atoms with Crippen molar-refractivity contribution in [2.75, 3.05) is 0 Å². The average Bonchev–Trinajstić information content (AvgIpc) is 2.38. The molecule has 0 heterocycles. The molecule has 0 aliphatic carbocycles. The highest BCUT2D eigenvalue weighted by atomic mass is 32.2. The molecule has 0 atom stereocenters. The van der Waals surface area contributed by atoms with Crippen LogP contribution < -0.4 is 0 Å². The van der Waals surface area contributed by atoms with Gasteiger partial charge in [-0.1, -0.05) is 24.3 Å². The van der Waals surface area contributed by atoms with E-state index in [2.05, 4.69) is 6.07 Å². The molecule has 0 saturated carbocycles. The molecule has 0 aliphatic heterocycles. The van der Waals surface area contributed by atoms with E-state index in [0.717, 1.165) is 0 Å². The van der Waals surface area contributed by atoms with Crippen molar-refractivity contribution in [3.63, 3.8) is 0 Å². The summed E-state index contributed by atoms with van der Waals surface area (Å²) in [5.74, 6) is -0.845. The lowest BCUT2D eigenvalue weighted by Crippen LogP contribution is -2.07. The molecule has 0 saturated heterocycles. The third-order valence-electron chi connectivity index (χ3n) is 2.34. The highest BCUT2D eigenvalue weighted by Gasteiger charge is 2.19. The van der Waals surface area contributed by atoms with Crippen LogP contribution in [0.5, 0.6) is 5.75 Å². The van der Waals surface area contributed by atoms with Gasteiger partial charge in [0.1, 0.15) is 16.5 Å². The molecule has 99 valence electrons. The Morgan fingerprint density at radius 1 is 1.21 bits per heavy atom. The fraction of sp³-hybridized carbons (Fsp3) is 0.0769. The molecule has 0 aliphatic rings. The Balaban J connectivity index is 2.14. The first-order chi connectivity index (χ1) is 8.99. The molecule has 0 unspecified atom stereocenters. The van der Waals surface area contributed by atoms with E-state index in [4.69, 9.17) is 4.18 Å². The normalized spacial score (nSPS) is 11.4. The maximum Gasteiger partial charge on any atom is 0.301 e. The molecule has 2 aromatic rings. The first-order valence-electron chi connectivity index (χ1n) is 5.32. The summed E-state index contributed by atoms with van der Waals surface area (Å²) >= 11 is 0. The Bertz CT molecular complexity index is 665. The first-order valence-corrected chi connectivity index (χ1v) is 6.73. The van der Waals surface area contributed by atoms with Gasteiger partial charge in [0.2, 0.25) is 0 Å². The van der Waals surface area contributed by atoms with E-state index in [1.54, 1.807) is 0 Å². The van der Waals surface area contributed by atoms with Gasteiger partial charge in [-0.05, 0) is 23.8 Å². The van der Waals surface area contributed by atoms with E-state index in [9.17, 15) is 17.9 Å². The van der Waals surface area contributed by atoms with Crippen molar-refractivity contribution in [1.82, 2.24) is 0 Å². The van der Waals surface area contributed by atoms with Crippen LogP contribution in [-0.4, -0.2) is 13.5 Å². The highest BCUT2D eigenvalue weighted by Crippen LogP contribution is 2.23. The third kappa shape index (κ3) is 3.30. The van der Waals surface area contributed by atoms with Gasteiger partial charge in [0.25, 0.3) is 0 Å². The second kappa shape index (κ2) is 5.38. The van der Waals surface area contributed by atoms with Crippen LogP contribution in [0.3, 0.4) is 0 Å². The Kier molecular flexibility index (Phi) is 3.82. The lowest BCUT2D eigenvalue weighted by atomic mass is 10.2. The average molecular weight is 281 g/mol. The number of halogens is 1. The fourth-order valence-corrected chi connectivity index (χ4v) is 2.34. The summed E-state index contributed by atoms with van der Waals surface area (Å²) in [6.45, 7) is -0.245. The van der Waals surface area contributed by atoms with Crippen molar-refractivity contribution >= 4 is 10.1 Å². The number of hydrogen-bond acceptors (Lipinski definition) is 4. The number of rotatable bonds is 4. The van der Waals surface area contributed by atoms with E-state index in [-0.39, 0.29) is 6.61 Å². The van der Waals surface area contributed by atoms with E-state index in [0.29, 0.717) is 5.56 Å². The lowest BCUT2D eigenvalue weighted by molar-refractivity contribution is 0.305. The monoisotopic (exact) mass is 281 g/mol. The maximum absolute atomic E-state index is 12.7. The van der Waals surface area contributed by atoms with Crippen LogP contribution in [0, 0.1) is 11.9 Å². The van der Waals surface area contributed by atoms with Crippen LogP contribution in [0.25, 0.3) is 0 Å². The van der Waals surface area contributed by atoms with Gasteiger partial charge in [0, 0.05) is 6.07 Å². The maximum atomic E-state index is 12.7. The molecule has 19 heavy (non-hydrogen) atoms. The molecule has 0 amide bonds. The number of benzene rings is 2. The smallest absolute Gasteiger partial charge is 0.301 e. The summed E-state index contributed by atoms with van der Waals surface area (Å²) in [6.07, 6.45) is 0. The zero-order chi connectivity index (χ0) is 13.9. The SMILES string of the molecule is O=S(=O)(OCc1ccc(F)cc1)c1[c]cccc1O. The largest absolute Gasteiger partial charge is 0.506 e. The zero-order valence-electron chi connectivity index (χ0n) is 9.71. The number of phenolic OH excluding ortho intramolecular Hbond substituents is 1. The molecular weight excluding hydrogens is 271 g/mol. The summed E-state index contributed by atoms with van der Waals surface area (Å²) in [5.41, 5.74) is 0.500. The molecule has 0 fully saturated rings. The van der Waals surface area contributed by atoms with Crippen LogP contribution in [0.15, 0.2) is 47.4 Å². The number of hydrogen-bond donors (Lipinski definition) is 1. The van der Waals surface area contributed by atoms with Crippen LogP contribution >= 0.6 is 0 Å². The molecular formula is C13H10FO4S. The summed E-state index contributed by atoms with van der Waals surface area (Å²) in [5, 5.41) is 9.44. The van der Waals surface area contributed by atoms with Gasteiger partial charge in [-0.3, -0.25) is 4.18 Å². The van der Waals surface area contributed by atoms with E-state index >= 15 is 0 Å². The van der Waals surface area contributed by atoms with E-state index in [1.807, 2.05) is 0 Å². The summed E-state index contributed by atoms with van der Waals surface area (Å²) in [6, 6.07) is 11.7. The fourth-order valence-electron chi connectivity index (χ4n) is 1.40. The second-order valence-electron chi connectivity index (χ2n) is 3.73. The summed E-state index contributed by atoms with van der Waals surface area (Å²) in [4.78, 5) is -0.419. The molecule has 1 N–H and O–H groups in total. The Morgan fingerprint density at radius 2 is 1.89 bits per heavy atom. The van der Waals surface area contributed by atoms with Crippen molar-refractivity contribution in [1.29, 1.82) is 0 Å². The minimum Gasteiger partial charge on any atom is -0.506 e. The predicted octanol–water partition coefficient (Wildman–Crippen LogP) is 2.24. The first kappa shape index (κ1) is 13.5. The lowest BCUT2D eigenvalue weighted by Gasteiger charge is -2.06. The highest BCUT2D eigenvalue weighted by molar-refractivity contribution is 7.86. The van der Waals surface area contributed by atoms with Gasteiger partial charge in [-0.2, -0.15) is 8.42 Å². The van der Waals surface area contributed by atoms with Gasteiger partial charge in [-0.25, -0.2) is 4.39 Å². The summed E-state index contributed by atoms with van der Waals surface area (Å²) in [7, 11) is -4.10. The predicted molar refractivity (Wildman–Crippen MR) is 65.3 cm³/mol. The molecule has 6 heteroatoms. The van der Waals surface area contributed by atoms with Gasteiger partial charge >= 0.3 is 10.1 Å². The molecule has 0 aromatic heterocycles. The third-order valence-corrected chi connectivity index (χ3v) is 3.60. The van der Waals surface area contributed by atoms with Crippen molar-refractivity contribution in [3.8, 4) is 5.75 Å². The van der Waals surface area contributed by atoms with Crippen molar-refractivity contribution < 1.29 is 22.1 Å². The Morgan fingerprint density at radius 3 is 2.53 bits per heavy atom. The van der Waals surface area contributed by atoms with Gasteiger partial charge in [0.05, 0.1) is 6.61 Å². The number of aromatic hydroxyl groups is 1. The molecule has 2 aromatic carbocycles. The molecule has 4 nitrogen and oxygen atoms in total. The van der Waals surface area contributed by atoms with Crippen LogP contribution in [-0.2, 0) is 20.9 Å². The van der Waals surface area contributed by atoms with Gasteiger partial charge in [0.15, 0.2) is 0 Å². The minimum absolute atomic E-state index is 0.245. The second-order valence-corrected chi connectivity index (χ2v) is 5.28. The zero-order valence-corrected chi connectivity index (χ0v) is 10.5. The Hall–Kier alpha value is -1.92. The van der Waals surface area contributed by atoms with Crippen molar-refractivity contribution in [2.24, 2.45) is 0 Å². The van der Waals surface area contributed by atoms with Crippen LogP contribution in [0.2, 0.25) is 0 Å². The quantitative estimate of drug-likeness (QED) is 0.873. The van der Waals surface area contributed by atoms with Gasteiger partial charge < -0.3 is 5.11 Å².